The second-order valence-corrected chi connectivity index (χ2v) is 8.14. The van der Waals surface area contributed by atoms with Crippen LogP contribution in [0.25, 0.3) is 6.08 Å². The Kier molecular flexibility index (Phi) is 6.68. The molecule has 1 atom stereocenters. The molecule has 7 heteroatoms. The van der Waals surface area contributed by atoms with Crippen LogP contribution >= 0.6 is 11.3 Å². The van der Waals surface area contributed by atoms with E-state index in [9.17, 15) is 4.21 Å². The van der Waals surface area contributed by atoms with E-state index in [0.717, 1.165) is 42.9 Å². The van der Waals surface area contributed by atoms with Crippen LogP contribution in [0.15, 0.2) is 35.2 Å². The standard InChI is InChI=1S/C17H21N3OS2.H2O/c1-23(21)14-6-4-13(5-7-14)3-2-10-20-11-8-15-16(9-12-20)22-17(18)19-15;/h2-7H,8-12H2,1H3,(H2,18,19);1H2. The summed E-state index contributed by atoms with van der Waals surface area (Å²) in [6, 6.07) is 7.88. The van der Waals surface area contributed by atoms with Crippen molar-refractivity contribution in [1.29, 1.82) is 0 Å². The van der Waals surface area contributed by atoms with Gasteiger partial charge in [-0.15, -0.1) is 11.3 Å². The summed E-state index contributed by atoms with van der Waals surface area (Å²) in [4.78, 5) is 9.08. The molecular weight excluding hydrogens is 342 g/mol. The Morgan fingerprint density at radius 1 is 1.29 bits per heavy atom. The van der Waals surface area contributed by atoms with Crippen LogP contribution in [0.2, 0.25) is 0 Å². The number of aromatic nitrogens is 1. The van der Waals surface area contributed by atoms with E-state index in [1.165, 1.54) is 10.6 Å². The van der Waals surface area contributed by atoms with Gasteiger partial charge in [-0.25, -0.2) is 4.98 Å². The number of hydrogen-bond donors (Lipinski definition) is 1. The molecule has 130 valence electrons. The van der Waals surface area contributed by atoms with Gasteiger partial charge in [0.15, 0.2) is 5.13 Å². The quantitative estimate of drug-likeness (QED) is 0.894. The minimum atomic E-state index is -0.912. The van der Waals surface area contributed by atoms with E-state index in [1.54, 1.807) is 17.6 Å². The smallest absolute Gasteiger partial charge is 0.180 e. The number of nitrogens with zero attached hydrogens (tertiary/aromatic N) is 2. The number of benzene rings is 1. The second kappa shape index (κ2) is 8.53. The summed E-state index contributed by atoms with van der Waals surface area (Å²) in [5.74, 6) is 0. The van der Waals surface area contributed by atoms with Gasteiger partial charge in [0.25, 0.3) is 0 Å². The van der Waals surface area contributed by atoms with Crippen LogP contribution in [0.1, 0.15) is 16.1 Å². The first-order valence-corrected chi connectivity index (χ1v) is 10.1. The largest absolute Gasteiger partial charge is 0.412 e. The third-order valence-corrected chi connectivity index (χ3v) is 5.92. The molecule has 5 nitrogen and oxygen atoms in total. The Bertz CT molecular complexity index is 700. The third-order valence-electron chi connectivity index (χ3n) is 4.00. The number of rotatable bonds is 4. The Morgan fingerprint density at radius 2 is 2.00 bits per heavy atom. The zero-order valence-corrected chi connectivity index (χ0v) is 15.3. The number of hydrogen-bond acceptors (Lipinski definition) is 5. The zero-order valence-electron chi connectivity index (χ0n) is 13.7. The van der Waals surface area contributed by atoms with Crippen molar-refractivity contribution in [3.63, 3.8) is 0 Å². The summed E-state index contributed by atoms with van der Waals surface area (Å²) in [6.07, 6.45) is 8.03. The second-order valence-electron chi connectivity index (χ2n) is 5.65. The Labute approximate surface area is 149 Å². The number of thiazole rings is 1. The zero-order chi connectivity index (χ0) is 16.2. The van der Waals surface area contributed by atoms with Crippen LogP contribution < -0.4 is 5.73 Å². The SMILES string of the molecule is CS(=O)c1ccc(C=CCN2CCc3nc(N)sc3CC2)cc1.O. The first kappa shape index (κ1) is 18.8. The molecular formula is C17H23N3O2S2. The van der Waals surface area contributed by atoms with Crippen LogP contribution in [0.4, 0.5) is 5.13 Å². The highest BCUT2D eigenvalue weighted by Gasteiger charge is 2.16. The van der Waals surface area contributed by atoms with E-state index in [1.807, 2.05) is 24.3 Å². The van der Waals surface area contributed by atoms with Crippen molar-refractivity contribution in [2.45, 2.75) is 17.7 Å². The Morgan fingerprint density at radius 3 is 2.71 bits per heavy atom. The van der Waals surface area contributed by atoms with Gasteiger partial charge in [-0.1, -0.05) is 24.3 Å². The average Bonchev–Trinajstić information content (AvgIpc) is 2.79. The Hall–Kier alpha value is -1.54. The topological polar surface area (TPSA) is 90.7 Å². The van der Waals surface area contributed by atoms with Crippen molar-refractivity contribution in [3.05, 3.63) is 46.5 Å². The van der Waals surface area contributed by atoms with Gasteiger partial charge < -0.3 is 11.2 Å². The monoisotopic (exact) mass is 365 g/mol. The van der Waals surface area contributed by atoms with E-state index in [4.69, 9.17) is 5.73 Å². The molecule has 2 heterocycles. The minimum Gasteiger partial charge on any atom is -0.412 e. The highest BCUT2D eigenvalue weighted by Crippen LogP contribution is 2.24. The van der Waals surface area contributed by atoms with Gasteiger partial charge in [-0.05, 0) is 24.1 Å². The van der Waals surface area contributed by atoms with Gasteiger partial charge in [0.2, 0.25) is 0 Å². The van der Waals surface area contributed by atoms with E-state index in [2.05, 4.69) is 22.0 Å². The maximum Gasteiger partial charge on any atom is 0.180 e. The van der Waals surface area contributed by atoms with Crippen LogP contribution in [0.3, 0.4) is 0 Å². The van der Waals surface area contributed by atoms with E-state index < -0.39 is 10.8 Å². The summed E-state index contributed by atoms with van der Waals surface area (Å²) in [5, 5.41) is 0.694. The molecule has 0 radical (unpaired) electrons. The molecule has 1 aliphatic heterocycles. The Balaban J connectivity index is 0.00000208. The fraction of sp³-hybridized carbons (Fsp3) is 0.353. The molecule has 0 fully saturated rings. The van der Waals surface area contributed by atoms with Gasteiger partial charge in [0.05, 0.1) is 5.69 Å². The highest BCUT2D eigenvalue weighted by atomic mass is 32.2. The van der Waals surface area contributed by atoms with Crippen LogP contribution in [0, 0.1) is 0 Å². The highest BCUT2D eigenvalue weighted by molar-refractivity contribution is 7.84. The van der Waals surface area contributed by atoms with Crippen molar-refractivity contribution in [2.75, 3.05) is 31.6 Å². The number of fused-ring (bicyclic) bond motifs is 1. The van der Waals surface area contributed by atoms with Crippen molar-refractivity contribution in [1.82, 2.24) is 9.88 Å². The molecule has 1 aromatic heterocycles. The molecule has 0 bridgehead atoms. The van der Waals surface area contributed by atoms with Gasteiger partial charge in [-0.3, -0.25) is 9.11 Å². The van der Waals surface area contributed by atoms with Gasteiger partial charge in [-0.2, -0.15) is 0 Å². The molecule has 2 aromatic rings. The predicted octanol–water partition coefficient (Wildman–Crippen LogP) is 1.75. The van der Waals surface area contributed by atoms with E-state index in [0.29, 0.717) is 5.13 Å². The number of anilines is 1. The lowest BCUT2D eigenvalue weighted by Crippen LogP contribution is -2.26. The molecule has 4 N–H and O–H groups in total. The van der Waals surface area contributed by atoms with Gasteiger partial charge in [0, 0.05) is 52.9 Å². The minimum absolute atomic E-state index is 0. The lowest BCUT2D eigenvalue weighted by atomic mass is 10.2. The van der Waals surface area contributed by atoms with Crippen LogP contribution in [-0.2, 0) is 23.6 Å². The maximum absolute atomic E-state index is 11.4. The number of nitrogen functional groups attached to an aromatic ring is 1. The maximum atomic E-state index is 11.4. The van der Waals surface area contributed by atoms with Crippen molar-refractivity contribution in [3.8, 4) is 0 Å². The van der Waals surface area contributed by atoms with Crippen LogP contribution in [0.5, 0.6) is 0 Å². The van der Waals surface area contributed by atoms with Gasteiger partial charge >= 0.3 is 0 Å². The fourth-order valence-corrected chi connectivity index (χ4v) is 4.11. The molecule has 1 aliphatic rings. The molecule has 1 unspecified atom stereocenters. The lowest BCUT2D eigenvalue weighted by Gasteiger charge is -2.17. The number of nitrogens with two attached hydrogens (primary N) is 1. The molecule has 0 saturated heterocycles. The fourth-order valence-electron chi connectivity index (χ4n) is 2.72. The summed E-state index contributed by atoms with van der Waals surface area (Å²) in [7, 11) is -0.912. The third kappa shape index (κ3) is 4.73. The molecule has 1 aromatic carbocycles. The van der Waals surface area contributed by atoms with E-state index >= 15 is 0 Å². The van der Waals surface area contributed by atoms with Crippen molar-refractivity contribution in [2.24, 2.45) is 0 Å². The summed E-state index contributed by atoms with van der Waals surface area (Å²) < 4.78 is 11.4. The lowest BCUT2D eigenvalue weighted by molar-refractivity contribution is 0.318. The first-order chi connectivity index (χ1) is 11.1. The summed E-state index contributed by atoms with van der Waals surface area (Å²) >= 11 is 1.63. The van der Waals surface area contributed by atoms with E-state index in [-0.39, 0.29) is 5.48 Å². The van der Waals surface area contributed by atoms with Gasteiger partial charge in [0.1, 0.15) is 0 Å². The first-order valence-electron chi connectivity index (χ1n) is 7.68. The van der Waals surface area contributed by atoms with Crippen molar-refractivity contribution < 1.29 is 9.69 Å². The summed E-state index contributed by atoms with van der Waals surface area (Å²) in [6.45, 7) is 3.01. The van der Waals surface area contributed by atoms with Crippen LogP contribution in [-0.4, -0.2) is 45.5 Å². The molecule has 24 heavy (non-hydrogen) atoms. The molecule has 3 rings (SSSR count). The van der Waals surface area contributed by atoms with Crippen molar-refractivity contribution >= 4 is 33.3 Å². The molecule has 0 saturated carbocycles. The summed E-state index contributed by atoms with van der Waals surface area (Å²) in [5.41, 5.74) is 8.11. The predicted molar refractivity (Wildman–Crippen MR) is 102 cm³/mol. The average molecular weight is 366 g/mol. The normalized spacial score (nSPS) is 16.4. The molecule has 0 amide bonds. The molecule has 0 aliphatic carbocycles. The molecule has 0 spiro atoms.